The van der Waals surface area contributed by atoms with E-state index < -0.39 is 0 Å². The minimum Gasteiger partial charge on any atom is -0.361 e. The van der Waals surface area contributed by atoms with E-state index in [0.29, 0.717) is 22.0 Å². The summed E-state index contributed by atoms with van der Waals surface area (Å²) < 4.78 is 5.21. The predicted octanol–water partition coefficient (Wildman–Crippen LogP) is 4.23. The molecule has 1 N–H and O–H groups in total. The Morgan fingerprint density at radius 3 is 2.72 bits per heavy atom. The lowest BCUT2D eigenvalue weighted by atomic mass is 10.2. The third-order valence-electron chi connectivity index (χ3n) is 4.99. The molecule has 0 aliphatic carbocycles. The van der Waals surface area contributed by atoms with Crippen LogP contribution in [0.25, 0.3) is 0 Å². The van der Waals surface area contributed by atoms with Crippen LogP contribution in [0.15, 0.2) is 46.2 Å². The van der Waals surface area contributed by atoms with Crippen molar-refractivity contribution in [3.8, 4) is 0 Å². The van der Waals surface area contributed by atoms with Gasteiger partial charge in [-0.05, 0) is 51.0 Å². The largest absolute Gasteiger partial charge is 0.361 e. The molecule has 0 spiro atoms. The third kappa shape index (κ3) is 4.42. The third-order valence-corrected chi connectivity index (χ3v) is 6.02. The van der Waals surface area contributed by atoms with Gasteiger partial charge in [0.25, 0.3) is 5.91 Å². The fraction of sp³-hybridized carbons (Fsp3) is 0.333. The van der Waals surface area contributed by atoms with Crippen LogP contribution in [0.1, 0.15) is 40.2 Å². The topological polar surface area (TPSA) is 84.1 Å². The van der Waals surface area contributed by atoms with E-state index in [1.165, 1.54) is 24.6 Å². The number of aromatic nitrogens is 3. The van der Waals surface area contributed by atoms with Gasteiger partial charge in [0.1, 0.15) is 16.6 Å². The van der Waals surface area contributed by atoms with Crippen LogP contribution in [-0.2, 0) is 5.75 Å². The Balaban J connectivity index is 1.44. The fourth-order valence-corrected chi connectivity index (χ4v) is 4.46. The zero-order valence-corrected chi connectivity index (χ0v) is 17.3. The molecule has 3 aromatic rings. The molecule has 0 aromatic carbocycles. The van der Waals surface area contributed by atoms with Crippen molar-refractivity contribution in [2.75, 3.05) is 23.3 Å². The van der Waals surface area contributed by atoms with E-state index in [4.69, 9.17) is 4.52 Å². The van der Waals surface area contributed by atoms with Crippen LogP contribution in [0.2, 0.25) is 0 Å². The number of nitrogens with one attached hydrogen (secondary N) is 1. The number of hydrogen-bond donors (Lipinski definition) is 1. The molecule has 8 heteroatoms. The minimum atomic E-state index is -0.199. The summed E-state index contributed by atoms with van der Waals surface area (Å²) in [7, 11) is 0. The first-order valence-corrected chi connectivity index (χ1v) is 10.6. The predicted molar refractivity (Wildman–Crippen MR) is 113 cm³/mol. The zero-order chi connectivity index (χ0) is 20.2. The normalized spacial score (nSPS) is 13.7. The van der Waals surface area contributed by atoms with Gasteiger partial charge in [-0.25, -0.2) is 9.97 Å². The second-order valence-electron chi connectivity index (χ2n) is 7.00. The molecule has 0 unspecified atom stereocenters. The van der Waals surface area contributed by atoms with Crippen LogP contribution >= 0.6 is 11.8 Å². The lowest BCUT2D eigenvalue weighted by Crippen LogP contribution is -2.19. The van der Waals surface area contributed by atoms with Gasteiger partial charge in [0.2, 0.25) is 0 Å². The van der Waals surface area contributed by atoms with Gasteiger partial charge >= 0.3 is 0 Å². The molecule has 0 bridgehead atoms. The first kappa shape index (κ1) is 19.4. The quantitative estimate of drug-likeness (QED) is 0.610. The summed E-state index contributed by atoms with van der Waals surface area (Å²) in [5.74, 6) is 2.19. The monoisotopic (exact) mass is 409 g/mol. The van der Waals surface area contributed by atoms with Crippen molar-refractivity contribution in [3.05, 3.63) is 59.2 Å². The van der Waals surface area contributed by atoms with Crippen molar-refractivity contribution in [2.24, 2.45) is 0 Å². The summed E-state index contributed by atoms with van der Waals surface area (Å²) >= 11 is 1.50. The number of nitrogens with zero attached hydrogens (tertiary/aromatic N) is 4. The number of carbonyl (C=O) groups excluding carboxylic acids is 1. The number of aryl methyl sites for hydroxylation is 2. The van der Waals surface area contributed by atoms with E-state index in [-0.39, 0.29) is 5.91 Å². The van der Waals surface area contributed by atoms with E-state index in [2.05, 4.69) is 25.3 Å². The molecular formula is C21H23N5O2S. The highest BCUT2D eigenvalue weighted by Crippen LogP contribution is 2.28. The van der Waals surface area contributed by atoms with Crippen LogP contribution in [-0.4, -0.2) is 34.1 Å². The Morgan fingerprint density at radius 1 is 1.21 bits per heavy atom. The van der Waals surface area contributed by atoms with Gasteiger partial charge in [-0.1, -0.05) is 5.16 Å². The van der Waals surface area contributed by atoms with Crippen molar-refractivity contribution in [1.29, 1.82) is 0 Å². The van der Waals surface area contributed by atoms with Crippen molar-refractivity contribution < 1.29 is 9.32 Å². The fourth-order valence-electron chi connectivity index (χ4n) is 3.32. The zero-order valence-electron chi connectivity index (χ0n) is 16.5. The standard InChI is InChI=1S/C21H23N5O2S/c1-14-18(15(2)28-25-14)13-29-21-17(6-5-9-22-21)20(27)24-16-7-8-19(23-12-16)26-10-3-4-11-26/h5-9,12H,3-4,10-11,13H2,1-2H3,(H,24,27). The molecule has 3 aromatic heterocycles. The average Bonchev–Trinajstić information content (AvgIpc) is 3.38. The second-order valence-corrected chi connectivity index (χ2v) is 7.96. The SMILES string of the molecule is Cc1noc(C)c1CSc1ncccc1C(=O)Nc1ccc(N2CCCC2)nc1. The number of pyridine rings is 2. The van der Waals surface area contributed by atoms with Crippen molar-refractivity contribution >= 4 is 29.2 Å². The molecule has 0 atom stereocenters. The highest BCUT2D eigenvalue weighted by Gasteiger charge is 2.17. The van der Waals surface area contributed by atoms with E-state index in [1.807, 2.05) is 26.0 Å². The highest BCUT2D eigenvalue weighted by atomic mass is 32.2. The smallest absolute Gasteiger partial charge is 0.258 e. The van der Waals surface area contributed by atoms with E-state index in [1.54, 1.807) is 24.5 Å². The average molecular weight is 410 g/mol. The second kappa shape index (κ2) is 8.65. The summed E-state index contributed by atoms with van der Waals surface area (Å²) in [6.07, 6.45) is 5.81. The lowest BCUT2D eigenvalue weighted by molar-refractivity contribution is 0.102. The summed E-state index contributed by atoms with van der Waals surface area (Å²) in [6.45, 7) is 5.89. The first-order valence-electron chi connectivity index (χ1n) is 9.64. The summed E-state index contributed by atoms with van der Waals surface area (Å²) in [5.41, 5.74) is 3.10. The summed E-state index contributed by atoms with van der Waals surface area (Å²) in [6, 6.07) is 7.40. The Bertz CT molecular complexity index is 977. The Morgan fingerprint density at radius 2 is 2.03 bits per heavy atom. The van der Waals surface area contributed by atoms with Gasteiger partial charge in [-0.2, -0.15) is 0 Å². The van der Waals surface area contributed by atoms with Crippen LogP contribution in [0.3, 0.4) is 0 Å². The number of carbonyl (C=O) groups is 1. The summed E-state index contributed by atoms with van der Waals surface area (Å²) in [5, 5.41) is 7.58. The van der Waals surface area contributed by atoms with Crippen molar-refractivity contribution in [3.63, 3.8) is 0 Å². The Hall–Kier alpha value is -2.87. The maximum atomic E-state index is 12.8. The molecule has 4 rings (SSSR count). The molecular weight excluding hydrogens is 386 g/mol. The molecule has 4 heterocycles. The van der Waals surface area contributed by atoms with E-state index in [0.717, 1.165) is 35.9 Å². The molecule has 150 valence electrons. The molecule has 1 aliphatic rings. The van der Waals surface area contributed by atoms with Gasteiger partial charge in [-0.15, -0.1) is 11.8 Å². The summed E-state index contributed by atoms with van der Waals surface area (Å²) in [4.78, 5) is 24.0. The number of anilines is 2. The molecule has 0 radical (unpaired) electrons. The van der Waals surface area contributed by atoms with E-state index >= 15 is 0 Å². The van der Waals surface area contributed by atoms with Gasteiger partial charge in [0, 0.05) is 30.6 Å². The molecule has 29 heavy (non-hydrogen) atoms. The number of hydrogen-bond acceptors (Lipinski definition) is 7. The maximum Gasteiger partial charge on any atom is 0.258 e. The molecule has 1 saturated heterocycles. The molecule has 1 fully saturated rings. The Labute approximate surface area is 173 Å². The number of rotatable bonds is 6. The van der Waals surface area contributed by atoms with Gasteiger partial charge in [-0.3, -0.25) is 4.79 Å². The number of amides is 1. The molecule has 7 nitrogen and oxygen atoms in total. The van der Waals surface area contributed by atoms with Crippen molar-refractivity contribution in [1.82, 2.24) is 15.1 Å². The Kier molecular flexibility index (Phi) is 5.80. The molecule has 1 amide bonds. The number of thioether (sulfide) groups is 1. The molecule has 0 saturated carbocycles. The highest BCUT2D eigenvalue weighted by molar-refractivity contribution is 7.98. The van der Waals surface area contributed by atoms with Crippen LogP contribution in [0.5, 0.6) is 0 Å². The maximum absolute atomic E-state index is 12.8. The van der Waals surface area contributed by atoms with Crippen LogP contribution in [0, 0.1) is 13.8 Å². The van der Waals surface area contributed by atoms with Crippen molar-refractivity contribution in [2.45, 2.75) is 37.5 Å². The van der Waals surface area contributed by atoms with Crippen LogP contribution < -0.4 is 10.2 Å². The van der Waals surface area contributed by atoms with Crippen LogP contribution in [0.4, 0.5) is 11.5 Å². The molecule has 1 aliphatic heterocycles. The first-order chi connectivity index (χ1) is 14.1. The van der Waals surface area contributed by atoms with Gasteiger partial charge in [0.15, 0.2) is 0 Å². The van der Waals surface area contributed by atoms with E-state index in [9.17, 15) is 4.79 Å². The van der Waals surface area contributed by atoms with Gasteiger partial charge < -0.3 is 14.7 Å². The lowest BCUT2D eigenvalue weighted by Gasteiger charge is -2.16. The minimum absolute atomic E-state index is 0.199. The van der Waals surface area contributed by atoms with Gasteiger partial charge in [0.05, 0.1) is 23.1 Å².